The Kier molecular flexibility index (Phi) is 12.9. The topological polar surface area (TPSA) is 96.2 Å². The minimum Gasteiger partial charge on any atom is -0.481 e. The number of aliphatic carboxylic acids is 1. The fourth-order valence-electron chi connectivity index (χ4n) is 0.885. The molecule has 17 heavy (non-hydrogen) atoms. The summed E-state index contributed by atoms with van der Waals surface area (Å²) in [5, 5.41) is 25.8. The largest absolute Gasteiger partial charge is 0.481 e. The Hall–Kier alpha value is -0.690. The summed E-state index contributed by atoms with van der Waals surface area (Å²) in [5.74, 6) is -0.869. The summed E-state index contributed by atoms with van der Waals surface area (Å²) in [7, 11) is 0. The van der Waals surface area contributed by atoms with Crippen molar-refractivity contribution in [2.45, 2.75) is 59.2 Å². The van der Waals surface area contributed by atoms with Crippen LogP contribution in [0, 0.1) is 0 Å². The van der Waals surface area contributed by atoms with Crippen LogP contribution < -0.4 is 0 Å². The molecule has 6 nitrogen and oxygen atoms in total. The molecule has 0 aliphatic rings. The second kappa shape index (κ2) is 11.8. The Morgan fingerprint density at radius 2 is 1.76 bits per heavy atom. The molecule has 0 aliphatic heterocycles. The van der Waals surface area contributed by atoms with Crippen LogP contribution in [0.2, 0.25) is 0 Å². The Morgan fingerprint density at radius 1 is 1.24 bits per heavy atom. The molecular weight excluding hydrogens is 228 g/mol. The van der Waals surface area contributed by atoms with Gasteiger partial charge in [-0.1, -0.05) is 13.8 Å². The van der Waals surface area contributed by atoms with E-state index in [1.807, 2.05) is 13.8 Å². The number of ether oxygens (including phenoxy) is 2. The molecule has 0 aromatic carbocycles. The summed E-state index contributed by atoms with van der Waals surface area (Å²) in [4.78, 5) is 10.2. The van der Waals surface area contributed by atoms with E-state index in [2.05, 4.69) is 0 Å². The quantitative estimate of drug-likeness (QED) is 0.440. The molecule has 0 aliphatic carbocycles. The number of hydrogen-bond acceptors (Lipinski definition) is 5. The highest BCUT2D eigenvalue weighted by Crippen LogP contribution is 2.03. The van der Waals surface area contributed by atoms with Crippen LogP contribution in [-0.4, -0.2) is 46.6 Å². The molecule has 0 radical (unpaired) electrons. The van der Waals surface area contributed by atoms with Crippen molar-refractivity contribution < 1.29 is 29.6 Å². The zero-order valence-electron chi connectivity index (χ0n) is 10.9. The molecule has 0 saturated heterocycles. The minimum absolute atomic E-state index is 0.0465. The van der Waals surface area contributed by atoms with Gasteiger partial charge in [0, 0.05) is 6.42 Å². The normalized spacial score (nSPS) is 13.8. The van der Waals surface area contributed by atoms with Crippen LogP contribution in [0.25, 0.3) is 0 Å². The van der Waals surface area contributed by atoms with Gasteiger partial charge in [-0.05, 0) is 20.3 Å². The number of carbonyl (C=O) groups is 1. The molecule has 0 aromatic rings. The maximum Gasteiger partial charge on any atom is 0.303 e. The van der Waals surface area contributed by atoms with E-state index in [0.29, 0.717) is 6.42 Å². The van der Waals surface area contributed by atoms with Gasteiger partial charge in [-0.15, -0.1) is 0 Å². The van der Waals surface area contributed by atoms with Gasteiger partial charge in [-0.2, -0.15) is 0 Å². The molecule has 0 aromatic heterocycles. The molecule has 0 bridgehead atoms. The number of aliphatic hydroxyl groups is 2. The number of carboxylic acids is 1. The first-order valence-corrected chi connectivity index (χ1v) is 5.78. The van der Waals surface area contributed by atoms with Crippen LogP contribution in [0.4, 0.5) is 0 Å². The Balaban J connectivity index is 0. The molecule has 2 atom stereocenters. The summed E-state index contributed by atoms with van der Waals surface area (Å²) in [6.07, 6.45) is -2.42. The zero-order valence-corrected chi connectivity index (χ0v) is 10.9. The van der Waals surface area contributed by atoms with Crippen molar-refractivity contribution in [2.75, 3.05) is 6.61 Å². The number of carboxylic acid groups (broad SMARTS) is 1. The van der Waals surface area contributed by atoms with Crippen LogP contribution in [-0.2, 0) is 14.3 Å². The molecule has 6 heteroatoms. The highest BCUT2D eigenvalue weighted by molar-refractivity contribution is 5.66. The fraction of sp³-hybridized carbons (Fsp3) is 0.909. The first-order valence-electron chi connectivity index (χ1n) is 5.78. The SMILES string of the molecule is CC.CC(O[C@H](C)OCCCC(=O)O)C(O)O. The first-order chi connectivity index (χ1) is 7.93. The standard InChI is InChI=1S/C9H18O6.C2H6/c1-6(9(12)13)15-7(2)14-5-3-4-8(10)11;1-2/h6-7,9,12-13H,3-5H2,1-2H3,(H,10,11);1-2H3/t6?,7-;/m1./s1. The average molecular weight is 252 g/mol. The Morgan fingerprint density at radius 3 is 2.18 bits per heavy atom. The lowest BCUT2D eigenvalue weighted by Gasteiger charge is -2.20. The smallest absolute Gasteiger partial charge is 0.303 e. The van der Waals surface area contributed by atoms with Gasteiger partial charge in [0.25, 0.3) is 0 Å². The van der Waals surface area contributed by atoms with Crippen LogP contribution in [0.5, 0.6) is 0 Å². The molecule has 3 N–H and O–H groups in total. The highest BCUT2D eigenvalue weighted by Gasteiger charge is 2.14. The lowest BCUT2D eigenvalue weighted by atomic mass is 10.3. The molecule has 0 amide bonds. The fourth-order valence-corrected chi connectivity index (χ4v) is 0.885. The first kappa shape index (κ1) is 18.7. The molecule has 104 valence electrons. The van der Waals surface area contributed by atoms with Crippen LogP contribution in [0.3, 0.4) is 0 Å². The van der Waals surface area contributed by atoms with Crippen molar-refractivity contribution in [3.05, 3.63) is 0 Å². The van der Waals surface area contributed by atoms with E-state index in [1.54, 1.807) is 6.92 Å². The van der Waals surface area contributed by atoms with Gasteiger partial charge in [-0.25, -0.2) is 0 Å². The Labute approximate surface area is 102 Å². The maximum absolute atomic E-state index is 10.2. The average Bonchev–Trinajstić information content (AvgIpc) is 2.26. The van der Waals surface area contributed by atoms with Gasteiger partial charge in [0.2, 0.25) is 0 Å². The van der Waals surface area contributed by atoms with Crippen molar-refractivity contribution in [1.29, 1.82) is 0 Å². The minimum atomic E-state index is -1.55. The summed E-state index contributed by atoms with van der Waals surface area (Å²) >= 11 is 0. The molecule has 0 saturated carbocycles. The van der Waals surface area contributed by atoms with E-state index in [-0.39, 0.29) is 13.0 Å². The van der Waals surface area contributed by atoms with E-state index < -0.39 is 24.7 Å². The summed E-state index contributed by atoms with van der Waals surface area (Å²) in [6.45, 7) is 7.38. The van der Waals surface area contributed by atoms with Crippen molar-refractivity contribution in [3.8, 4) is 0 Å². The number of rotatable bonds is 8. The summed E-state index contributed by atoms with van der Waals surface area (Å²) < 4.78 is 10.2. The van der Waals surface area contributed by atoms with E-state index in [4.69, 9.17) is 24.8 Å². The lowest BCUT2D eigenvalue weighted by Crippen LogP contribution is -2.30. The third kappa shape index (κ3) is 13.2. The predicted molar refractivity (Wildman–Crippen MR) is 62.4 cm³/mol. The maximum atomic E-state index is 10.2. The van der Waals surface area contributed by atoms with Crippen molar-refractivity contribution >= 4 is 5.97 Å². The van der Waals surface area contributed by atoms with Gasteiger partial charge >= 0.3 is 5.97 Å². The molecule has 1 unspecified atom stereocenters. The van der Waals surface area contributed by atoms with Crippen molar-refractivity contribution in [1.82, 2.24) is 0 Å². The van der Waals surface area contributed by atoms with E-state index >= 15 is 0 Å². The summed E-state index contributed by atoms with van der Waals surface area (Å²) in [6, 6.07) is 0. The lowest BCUT2D eigenvalue weighted by molar-refractivity contribution is -0.215. The van der Waals surface area contributed by atoms with Crippen molar-refractivity contribution in [2.24, 2.45) is 0 Å². The number of hydrogen-bond donors (Lipinski definition) is 3. The third-order valence-corrected chi connectivity index (χ3v) is 1.71. The molecule has 0 fully saturated rings. The monoisotopic (exact) mass is 252 g/mol. The second-order valence-electron chi connectivity index (χ2n) is 3.19. The summed E-state index contributed by atoms with van der Waals surface area (Å²) in [5.41, 5.74) is 0. The third-order valence-electron chi connectivity index (χ3n) is 1.71. The van der Waals surface area contributed by atoms with Gasteiger partial charge in [0.15, 0.2) is 12.6 Å². The molecular formula is C11H24O6. The van der Waals surface area contributed by atoms with Crippen LogP contribution in [0.1, 0.15) is 40.5 Å². The van der Waals surface area contributed by atoms with E-state index in [0.717, 1.165) is 0 Å². The molecule has 0 heterocycles. The van der Waals surface area contributed by atoms with E-state index in [9.17, 15) is 4.79 Å². The zero-order chi connectivity index (χ0) is 13.8. The second-order valence-corrected chi connectivity index (χ2v) is 3.19. The van der Waals surface area contributed by atoms with Gasteiger partial charge in [0.05, 0.1) is 6.61 Å². The van der Waals surface area contributed by atoms with Gasteiger partial charge in [0.1, 0.15) is 6.10 Å². The van der Waals surface area contributed by atoms with E-state index in [1.165, 1.54) is 6.92 Å². The van der Waals surface area contributed by atoms with Crippen LogP contribution >= 0.6 is 0 Å². The van der Waals surface area contributed by atoms with Crippen LogP contribution in [0.15, 0.2) is 0 Å². The Bertz CT molecular complexity index is 183. The van der Waals surface area contributed by atoms with Gasteiger partial charge < -0.3 is 24.8 Å². The molecule has 0 rings (SSSR count). The highest BCUT2D eigenvalue weighted by atomic mass is 16.7. The molecule has 0 spiro atoms. The van der Waals surface area contributed by atoms with Crippen molar-refractivity contribution in [3.63, 3.8) is 0 Å². The number of aliphatic hydroxyl groups excluding tert-OH is 1. The van der Waals surface area contributed by atoms with Gasteiger partial charge in [-0.3, -0.25) is 4.79 Å². The predicted octanol–water partition coefficient (Wildman–Crippen LogP) is 0.956.